The molecule has 0 aromatic heterocycles. The number of likely N-dealkylation sites (tertiary alicyclic amines) is 1. The van der Waals surface area contributed by atoms with Gasteiger partial charge in [0.1, 0.15) is 23.9 Å². The van der Waals surface area contributed by atoms with Crippen molar-refractivity contribution in [1.29, 1.82) is 0 Å². The van der Waals surface area contributed by atoms with Crippen LogP contribution in [0.1, 0.15) is 120 Å². The third-order valence-corrected chi connectivity index (χ3v) is 16.7. The van der Waals surface area contributed by atoms with Crippen LogP contribution in [0.2, 0.25) is 0 Å². The first kappa shape index (κ1) is 48.3. The Labute approximate surface area is 376 Å². The highest BCUT2D eigenvalue weighted by Crippen LogP contribution is 2.80. The van der Waals surface area contributed by atoms with Gasteiger partial charge in [-0.2, -0.15) is 0 Å². The monoisotopic (exact) mass is 880 g/mol. The van der Waals surface area contributed by atoms with Gasteiger partial charge in [0.15, 0.2) is 5.60 Å². The molecule has 3 N–H and O–H groups in total. The lowest BCUT2D eigenvalue weighted by Crippen LogP contribution is -2.81. The first-order chi connectivity index (χ1) is 30.5. The van der Waals surface area contributed by atoms with E-state index in [0.29, 0.717) is 24.9 Å². The summed E-state index contributed by atoms with van der Waals surface area (Å²) in [5, 5.41) is 38.2. The number of aliphatic hydroxyl groups is 3. The fourth-order valence-electron chi connectivity index (χ4n) is 14.6. The predicted octanol–water partition coefficient (Wildman–Crippen LogP) is 6.83. The molecule has 1 aliphatic heterocycles. The van der Waals surface area contributed by atoms with Crippen molar-refractivity contribution in [2.75, 3.05) is 48.6 Å². The quantitative estimate of drug-likeness (QED) is 0.0567. The second kappa shape index (κ2) is 20.5. The van der Waals surface area contributed by atoms with Crippen LogP contribution < -0.4 is 0 Å². The third kappa shape index (κ3) is 8.08. The molecule has 63 heavy (non-hydrogen) atoms. The zero-order valence-corrected chi connectivity index (χ0v) is 38.8. The van der Waals surface area contributed by atoms with E-state index in [2.05, 4.69) is 36.1 Å². The Morgan fingerprint density at radius 1 is 0.825 bits per heavy atom. The van der Waals surface area contributed by atoms with Gasteiger partial charge in [0.25, 0.3) is 0 Å². The van der Waals surface area contributed by atoms with Crippen molar-refractivity contribution in [2.45, 2.75) is 164 Å². The lowest BCUT2D eigenvalue weighted by atomic mass is 9.42. The number of benzene rings is 1. The molecule has 1 saturated heterocycles. The van der Waals surface area contributed by atoms with Gasteiger partial charge in [0, 0.05) is 82.5 Å². The number of nitrogens with zero attached hydrogens (tertiary/aromatic N) is 1. The molecule has 1 heterocycles. The molecule has 6 aliphatic rings. The average Bonchev–Trinajstić information content (AvgIpc) is 3.67. The fourth-order valence-corrected chi connectivity index (χ4v) is 14.6. The van der Waals surface area contributed by atoms with Crippen molar-refractivity contribution in [3.05, 3.63) is 60.2 Å². The Balaban J connectivity index is 1.12. The molecule has 0 amide bonds. The van der Waals surface area contributed by atoms with Gasteiger partial charge in [-0.25, -0.2) is 4.79 Å². The normalized spacial score (nSPS) is 39.9. The maximum Gasteiger partial charge on any atom is 0.338 e. The number of rotatable bonds is 24. The van der Waals surface area contributed by atoms with E-state index < -0.39 is 88.3 Å². The van der Waals surface area contributed by atoms with Crippen LogP contribution in [-0.4, -0.2) is 135 Å². The first-order valence-electron chi connectivity index (χ1n) is 24.1. The summed E-state index contributed by atoms with van der Waals surface area (Å²) in [5.41, 5.74) is -4.86. The maximum absolute atomic E-state index is 14.5. The summed E-state index contributed by atoms with van der Waals surface area (Å²) in [4.78, 5) is 30.8. The van der Waals surface area contributed by atoms with Crippen LogP contribution in [0.5, 0.6) is 0 Å². The number of unbranched alkanes of at least 4 members (excludes halogenated alkanes) is 10. The SMILES string of the molecule is CCCCC/C=C\C/C=C\CCCCCCCCCC(=O)O[C@]12[C@H]3[C@@H](OC(=O)c4ccccc4)[C@](O)(C[C@H]3[C@@]34C5[C@@H]1[C@H](OC)[C@@H]3[C@](COC)(CN5C)[C@H](O)C[C@@H]4OC)[C@@H](OC)[C@@H]2O. The molecule has 7 rings (SSSR count). The van der Waals surface area contributed by atoms with Crippen molar-refractivity contribution in [2.24, 2.45) is 34.5 Å². The molecule has 15 atom stereocenters. The van der Waals surface area contributed by atoms with E-state index in [1.165, 1.54) is 45.6 Å². The van der Waals surface area contributed by atoms with E-state index >= 15 is 0 Å². The van der Waals surface area contributed by atoms with Crippen molar-refractivity contribution < 1.29 is 53.3 Å². The van der Waals surface area contributed by atoms with Gasteiger partial charge in [-0.3, -0.25) is 4.79 Å². The molecule has 5 saturated carbocycles. The van der Waals surface area contributed by atoms with Gasteiger partial charge < -0.3 is 48.6 Å². The highest BCUT2D eigenvalue weighted by Gasteiger charge is 2.92. The molecule has 5 aliphatic carbocycles. The number of carbonyl (C=O) groups excluding carboxylic acids is 2. The van der Waals surface area contributed by atoms with E-state index in [1.54, 1.807) is 45.6 Å². The molecule has 1 aromatic rings. The molecule has 1 aromatic carbocycles. The minimum atomic E-state index is -1.85. The van der Waals surface area contributed by atoms with Crippen LogP contribution in [0.25, 0.3) is 0 Å². The summed E-state index contributed by atoms with van der Waals surface area (Å²) in [7, 11) is 8.38. The smallest absolute Gasteiger partial charge is 0.338 e. The number of esters is 2. The van der Waals surface area contributed by atoms with Crippen molar-refractivity contribution in [3.8, 4) is 0 Å². The molecule has 0 radical (unpaired) electrons. The average molecular weight is 880 g/mol. The van der Waals surface area contributed by atoms with E-state index in [1.807, 2.05) is 13.1 Å². The summed E-state index contributed by atoms with van der Waals surface area (Å²) in [6.07, 6.45) is 17.9. The van der Waals surface area contributed by atoms with Gasteiger partial charge in [0.05, 0.1) is 30.5 Å². The number of hydrogen-bond donors (Lipinski definition) is 3. The van der Waals surface area contributed by atoms with Crippen LogP contribution in [0.4, 0.5) is 0 Å². The van der Waals surface area contributed by atoms with Gasteiger partial charge in [0.2, 0.25) is 0 Å². The number of aliphatic hydroxyl groups excluding tert-OH is 2. The fraction of sp³-hybridized carbons (Fsp3) is 0.765. The van der Waals surface area contributed by atoms with Crippen molar-refractivity contribution in [1.82, 2.24) is 4.90 Å². The second-order valence-corrected chi connectivity index (χ2v) is 19.8. The van der Waals surface area contributed by atoms with Gasteiger partial charge in [-0.05, 0) is 70.0 Å². The van der Waals surface area contributed by atoms with Gasteiger partial charge in [-0.1, -0.05) is 94.4 Å². The molecule has 1 unspecified atom stereocenters. The highest BCUT2D eigenvalue weighted by molar-refractivity contribution is 5.89. The van der Waals surface area contributed by atoms with Crippen LogP contribution in [-0.2, 0) is 33.2 Å². The Bertz CT molecular complexity index is 1740. The van der Waals surface area contributed by atoms with Gasteiger partial charge >= 0.3 is 11.9 Å². The molecule has 7 bridgehead atoms. The third-order valence-electron chi connectivity index (χ3n) is 16.7. The van der Waals surface area contributed by atoms with Crippen LogP contribution >= 0.6 is 0 Å². The van der Waals surface area contributed by atoms with Crippen molar-refractivity contribution >= 4 is 11.9 Å². The number of methoxy groups -OCH3 is 4. The van der Waals surface area contributed by atoms with Crippen molar-refractivity contribution in [3.63, 3.8) is 0 Å². The Morgan fingerprint density at radius 3 is 2.13 bits per heavy atom. The Hall–Kier alpha value is -2.68. The summed E-state index contributed by atoms with van der Waals surface area (Å²) in [5.74, 6) is -3.53. The number of fused-ring (bicyclic) bond motifs is 2. The van der Waals surface area contributed by atoms with Crippen LogP contribution in [0.15, 0.2) is 54.6 Å². The molecule has 352 valence electrons. The molecular weight excluding hydrogens is 803 g/mol. The summed E-state index contributed by atoms with van der Waals surface area (Å²) >= 11 is 0. The lowest BCUT2D eigenvalue weighted by molar-refractivity contribution is -0.321. The molecule has 12 nitrogen and oxygen atoms in total. The second-order valence-electron chi connectivity index (χ2n) is 19.8. The minimum Gasteiger partial charge on any atom is -0.455 e. The lowest BCUT2D eigenvalue weighted by Gasteiger charge is -2.70. The maximum atomic E-state index is 14.5. The summed E-state index contributed by atoms with van der Waals surface area (Å²) in [6.45, 7) is 2.94. The zero-order valence-electron chi connectivity index (χ0n) is 38.8. The van der Waals surface area contributed by atoms with E-state index in [4.69, 9.17) is 28.4 Å². The number of ether oxygens (including phenoxy) is 6. The van der Waals surface area contributed by atoms with Gasteiger partial charge in [-0.15, -0.1) is 0 Å². The Kier molecular flexibility index (Phi) is 15.7. The first-order valence-corrected chi connectivity index (χ1v) is 24.1. The summed E-state index contributed by atoms with van der Waals surface area (Å²) < 4.78 is 38.5. The summed E-state index contributed by atoms with van der Waals surface area (Å²) in [6, 6.07) is 8.27. The molecule has 1 spiro atoms. The zero-order chi connectivity index (χ0) is 45.0. The van der Waals surface area contributed by atoms with Crippen LogP contribution in [0, 0.1) is 34.5 Å². The number of carbonyl (C=O) groups is 2. The molecule has 12 heteroatoms. The van der Waals surface area contributed by atoms with E-state index in [-0.39, 0.29) is 31.4 Å². The minimum absolute atomic E-state index is 0.0785. The largest absolute Gasteiger partial charge is 0.455 e. The molecular formula is C51H77NO11. The number of piperidine rings is 1. The standard InChI is InChI=1S/C51H77NO11/c1-7-8-9-10-11-12-13-14-15-16-17-18-19-20-21-22-26-29-38(54)63-51-39-35(31-49(57,46(61-6)44(51)55)45(39)62-47(56)34-27-24-23-25-28-34)50-37(59-4)30-36(53)48(33-58-3)32-52(2)43(50)40(51)41(60-5)42(48)50/h11-12,14-15,23-25,27-28,35-37,39-46,53,55,57H,7-10,13,16-22,26,29-33H2,1-6H3/b12-11-,15-14-/t35-,36-,37+,39-,40+,41+,42-,43?,44+,45-,46+,48+,49-,50+,51-/m1/s1. The number of hydrogen-bond acceptors (Lipinski definition) is 12. The predicted molar refractivity (Wildman–Crippen MR) is 239 cm³/mol. The molecule has 6 fully saturated rings. The number of allylic oxidation sites excluding steroid dienone is 4. The van der Waals surface area contributed by atoms with E-state index in [0.717, 1.165) is 38.5 Å². The topological polar surface area (TPSA) is 153 Å². The van der Waals surface area contributed by atoms with Crippen LogP contribution in [0.3, 0.4) is 0 Å². The Morgan fingerprint density at radius 2 is 1.49 bits per heavy atom. The van der Waals surface area contributed by atoms with E-state index in [9.17, 15) is 24.9 Å². The highest BCUT2D eigenvalue weighted by atomic mass is 16.6.